The van der Waals surface area contributed by atoms with Gasteiger partial charge in [-0.1, -0.05) is 19.9 Å². The number of thiophene rings is 1. The molecule has 0 saturated carbocycles. The van der Waals surface area contributed by atoms with Gasteiger partial charge in [0, 0.05) is 23.2 Å². The van der Waals surface area contributed by atoms with Gasteiger partial charge in [-0.05, 0) is 18.4 Å². The van der Waals surface area contributed by atoms with E-state index in [-0.39, 0.29) is 12.0 Å². The van der Waals surface area contributed by atoms with Gasteiger partial charge >= 0.3 is 0 Å². The van der Waals surface area contributed by atoms with Crippen LogP contribution in [0, 0.1) is 0 Å². The number of oxazole rings is 1. The van der Waals surface area contributed by atoms with Crippen LogP contribution in [0.1, 0.15) is 43.5 Å². The summed E-state index contributed by atoms with van der Waals surface area (Å²) in [4.78, 5) is 10.3. The first-order valence-corrected chi connectivity index (χ1v) is 7.57. The second-order valence-electron chi connectivity index (χ2n) is 5.08. The van der Waals surface area contributed by atoms with Gasteiger partial charge in [0.25, 0.3) is 0 Å². The number of hydrogen-bond donors (Lipinski definition) is 0. The Balaban J connectivity index is 1.97. The third-order valence-corrected chi connectivity index (χ3v) is 4.33. The summed E-state index contributed by atoms with van der Waals surface area (Å²) >= 11 is 1.75. The molecule has 0 aliphatic rings. The van der Waals surface area contributed by atoms with Gasteiger partial charge in [-0.25, -0.2) is 9.97 Å². The molecule has 0 aliphatic heterocycles. The summed E-state index contributed by atoms with van der Waals surface area (Å²) < 4.78 is 7.65. The normalized spacial score (nSPS) is 13.0. The number of imidazole rings is 1. The van der Waals surface area contributed by atoms with Crippen molar-refractivity contribution in [3.63, 3.8) is 0 Å². The molecule has 0 radical (unpaired) electrons. The Kier molecular flexibility index (Phi) is 3.44. The van der Waals surface area contributed by atoms with Crippen LogP contribution in [-0.4, -0.2) is 14.5 Å². The lowest BCUT2D eigenvalue weighted by atomic mass is 10.2. The van der Waals surface area contributed by atoms with E-state index in [1.165, 1.54) is 4.88 Å². The highest BCUT2D eigenvalue weighted by molar-refractivity contribution is 7.10. The monoisotopic (exact) mass is 287 g/mol. The lowest BCUT2D eigenvalue weighted by Gasteiger charge is -2.13. The zero-order valence-electron chi connectivity index (χ0n) is 11.8. The molecule has 0 aromatic carbocycles. The molecule has 0 bridgehead atoms. The zero-order valence-corrected chi connectivity index (χ0v) is 12.6. The van der Waals surface area contributed by atoms with Crippen LogP contribution in [-0.2, 0) is 0 Å². The van der Waals surface area contributed by atoms with Crippen molar-refractivity contribution in [3.05, 3.63) is 46.9 Å². The van der Waals surface area contributed by atoms with Gasteiger partial charge in [-0.2, -0.15) is 0 Å². The molecule has 104 valence electrons. The van der Waals surface area contributed by atoms with Crippen LogP contribution >= 0.6 is 11.3 Å². The van der Waals surface area contributed by atoms with Crippen molar-refractivity contribution >= 4 is 11.3 Å². The summed E-state index contributed by atoms with van der Waals surface area (Å²) in [6, 6.07) is 4.45. The number of rotatable bonds is 4. The molecule has 3 heterocycles. The Morgan fingerprint density at radius 1 is 1.30 bits per heavy atom. The predicted octanol–water partition coefficient (Wildman–Crippen LogP) is 4.33. The predicted molar refractivity (Wildman–Crippen MR) is 79.9 cm³/mol. The summed E-state index contributed by atoms with van der Waals surface area (Å²) in [6.45, 7) is 6.30. The van der Waals surface area contributed by atoms with Crippen LogP contribution < -0.4 is 0 Å². The summed E-state index contributed by atoms with van der Waals surface area (Å²) in [6.07, 6.45) is 5.49. The lowest BCUT2D eigenvalue weighted by molar-refractivity contribution is 0.471. The van der Waals surface area contributed by atoms with Crippen molar-refractivity contribution in [2.24, 2.45) is 0 Å². The topological polar surface area (TPSA) is 43.9 Å². The molecule has 3 aromatic heterocycles. The van der Waals surface area contributed by atoms with Crippen LogP contribution in [0.4, 0.5) is 0 Å². The minimum Gasteiger partial charge on any atom is -0.448 e. The maximum absolute atomic E-state index is 5.51. The van der Waals surface area contributed by atoms with Gasteiger partial charge in [0.05, 0.1) is 6.04 Å². The third kappa shape index (κ3) is 2.29. The van der Waals surface area contributed by atoms with Gasteiger partial charge in [0.2, 0.25) is 0 Å². The molecule has 5 heteroatoms. The van der Waals surface area contributed by atoms with E-state index < -0.39 is 0 Å². The minimum atomic E-state index is 0.242. The van der Waals surface area contributed by atoms with Crippen molar-refractivity contribution in [1.82, 2.24) is 14.5 Å². The minimum absolute atomic E-state index is 0.242. The van der Waals surface area contributed by atoms with Gasteiger partial charge in [0.15, 0.2) is 11.7 Å². The van der Waals surface area contributed by atoms with Crippen LogP contribution in [0.2, 0.25) is 0 Å². The van der Waals surface area contributed by atoms with E-state index in [0.29, 0.717) is 0 Å². The van der Waals surface area contributed by atoms with Crippen molar-refractivity contribution in [3.8, 4) is 11.5 Å². The van der Waals surface area contributed by atoms with Crippen LogP contribution in [0.5, 0.6) is 0 Å². The standard InChI is InChI=1S/C15H17N3OS/c1-10(2)15-17-12(9-19-15)14-16-6-7-18(14)11(3)13-5-4-8-20-13/h4-11H,1-3H3/t11-/m1/s1. The Bertz CT molecular complexity index is 682. The smallest absolute Gasteiger partial charge is 0.197 e. The SMILES string of the molecule is CC(C)c1nc(-c2nccn2[C@H](C)c2cccs2)co1. The molecule has 3 rings (SSSR count). The maximum Gasteiger partial charge on any atom is 0.197 e. The van der Waals surface area contributed by atoms with Gasteiger partial charge in [-0.3, -0.25) is 0 Å². The fraction of sp³-hybridized carbons (Fsp3) is 0.333. The molecule has 0 N–H and O–H groups in total. The molecule has 20 heavy (non-hydrogen) atoms. The van der Waals surface area contributed by atoms with E-state index in [9.17, 15) is 0 Å². The Labute approximate surface area is 122 Å². The van der Waals surface area contributed by atoms with Crippen LogP contribution in [0.15, 0.2) is 40.6 Å². The highest BCUT2D eigenvalue weighted by Gasteiger charge is 2.17. The second-order valence-corrected chi connectivity index (χ2v) is 6.05. The van der Waals surface area contributed by atoms with E-state index in [2.05, 4.69) is 52.8 Å². The first kappa shape index (κ1) is 13.1. The Morgan fingerprint density at radius 2 is 2.15 bits per heavy atom. The van der Waals surface area contributed by atoms with Crippen molar-refractivity contribution < 1.29 is 4.42 Å². The van der Waals surface area contributed by atoms with E-state index in [1.807, 2.05) is 12.4 Å². The van der Waals surface area contributed by atoms with Crippen molar-refractivity contribution in [2.75, 3.05) is 0 Å². The van der Waals surface area contributed by atoms with E-state index in [0.717, 1.165) is 17.4 Å². The zero-order chi connectivity index (χ0) is 14.1. The molecule has 0 saturated heterocycles. The van der Waals surface area contributed by atoms with E-state index in [1.54, 1.807) is 17.6 Å². The molecular formula is C15H17N3OS. The summed E-state index contributed by atoms with van der Waals surface area (Å²) in [5, 5.41) is 2.09. The van der Waals surface area contributed by atoms with Crippen molar-refractivity contribution in [2.45, 2.75) is 32.7 Å². The molecule has 0 spiro atoms. The maximum atomic E-state index is 5.51. The van der Waals surface area contributed by atoms with Crippen LogP contribution in [0.25, 0.3) is 11.5 Å². The molecule has 1 atom stereocenters. The average Bonchev–Trinajstić information content (AvgIpc) is 3.17. The summed E-state index contributed by atoms with van der Waals surface area (Å²) in [5.41, 5.74) is 0.794. The lowest BCUT2D eigenvalue weighted by Crippen LogP contribution is -2.06. The molecule has 3 aromatic rings. The Hall–Kier alpha value is -1.88. The van der Waals surface area contributed by atoms with Gasteiger partial charge in [0.1, 0.15) is 12.0 Å². The first-order valence-electron chi connectivity index (χ1n) is 6.69. The van der Waals surface area contributed by atoms with Crippen molar-refractivity contribution in [1.29, 1.82) is 0 Å². The largest absolute Gasteiger partial charge is 0.448 e. The highest BCUT2D eigenvalue weighted by atomic mass is 32.1. The molecule has 0 aliphatic carbocycles. The molecule has 0 fully saturated rings. The third-order valence-electron chi connectivity index (χ3n) is 3.29. The van der Waals surface area contributed by atoms with E-state index in [4.69, 9.17) is 4.42 Å². The van der Waals surface area contributed by atoms with Crippen LogP contribution in [0.3, 0.4) is 0 Å². The quantitative estimate of drug-likeness (QED) is 0.717. The van der Waals surface area contributed by atoms with Gasteiger partial charge in [-0.15, -0.1) is 11.3 Å². The summed E-state index contributed by atoms with van der Waals surface area (Å²) in [5.74, 6) is 1.88. The Morgan fingerprint density at radius 3 is 2.80 bits per heavy atom. The fourth-order valence-corrected chi connectivity index (χ4v) is 2.93. The summed E-state index contributed by atoms with van der Waals surface area (Å²) in [7, 11) is 0. The van der Waals surface area contributed by atoms with E-state index >= 15 is 0 Å². The fourth-order valence-electron chi connectivity index (χ4n) is 2.15. The average molecular weight is 287 g/mol. The number of aromatic nitrogens is 3. The molecular weight excluding hydrogens is 270 g/mol. The molecule has 0 amide bonds. The number of hydrogen-bond acceptors (Lipinski definition) is 4. The molecule has 4 nitrogen and oxygen atoms in total. The second kappa shape index (κ2) is 5.25. The molecule has 0 unspecified atom stereocenters. The highest BCUT2D eigenvalue weighted by Crippen LogP contribution is 2.28. The first-order chi connectivity index (χ1) is 9.66. The number of nitrogens with zero attached hydrogens (tertiary/aromatic N) is 3. The van der Waals surface area contributed by atoms with Gasteiger partial charge < -0.3 is 8.98 Å².